The first kappa shape index (κ1) is 18.7. The normalized spacial score (nSPS) is 28.7. The molecule has 6 heteroatoms. The molecule has 0 radical (unpaired) electrons. The summed E-state index contributed by atoms with van der Waals surface area (Å²) < 4.78 is 14.2. The van der Waals surface area contributed by atoms with Gasteiger partial charge in [0, 0.05) is 19.6 Å². The Bertz CT molecular complexity index is 597. The third-order valence-corrected chi connectivity index (χ3v) is 4.92. The summed E-state index contributed by atoms with van der Waals surface area (Å²) in [6.45, 7) is 7.00. The molecule has 4 nitrogen and oxygen atoms in total. The molecule has 0 amide bonds. The van der Waals surface area contributed by atoms with E-state index < -0.39 is 0 Å². The van der Waals surface area contributed by atoms with E-state index in [9.17, 15) is 4.39 Å². The number of hydrogen-bond acceptors (Lipinski definition) is 4. The molecule has 1 aliphatic heterocycles. The number of para-hydroxylation sites is 1. The van der Waals surface area contributed by atoms with Gasteiger partial charge < -0.3 is 5.32 Å². The number of benzene rings is 1. The molecule has 1 aromatic carbocycles. The molecule has 0 aromatic heterocycles. The molecule has 0 aliphatic carbocycles. The predicted octanol–water partition coefficient (Wildman–Crippen LogP) is 5.32. The van der Waals surface area contributed by atoms with Crippen molar-refractivity contribution in [1.82, 2.24) is 5.01 Å². The lowest BCUT2D eigenvalue weighted by Gasteiger charge is -2.29. The SMILES string of the molecule is C/C=C1\C[C@H](C)C(C)/N=N\N(C)CCC1Nc1c(F)cccc1Cl. The Balaban J connectivity index is 2.29. The lowest BCUT2D eigenvalue weighted by atomic mass is 9.89. The van der Waals surface area contributed by atoms with E-state index in [1.54, 1.807) is 12.1 Å². The number of hydrogen-bond donors (Lipinski definition) is 1. The third kappa shape index (κ3) is 4.69. The Morgan fingerprint density at radius 2 is 2.12 bits per heavy atom. The van der Waals surface area contributed by atoms with E-state index in [0.29, 0.717) is 16.6 Å². The van der Waals surface area contributed by atoms with Crippen LogP contribution in [0.5, 0.6) is 0 Å². The molecule has 24 heavy (non-hydrogen) atoms. The van der Waals surface area contributed by atoms with Crippen molar-refractivity contribution in [2.24, 2.45) is 16.3 Å². The first-order chi connectivity index (χ1) is 11.4. The summed E-state index contributed by atoms with van der Waals surface area (Å²) in [4.78, 5) is 0. The van der Waals surface area contributed by atoms with Crippen molar-refractivity contribution in [3.8, 4) is 0 Å². The molecule has 2 unspecified atom stereocenters. The zero-order valence-electron chi connectivity index (χ0n) is 14.8. The highest BCUT2D eigenvalue weighted by Gasteiger charge is 2.23. The van der Waals surface area contributed by atoms with Gasteiger partial charge in [-0.25, -0.2) is 4.39 Å². The largest absolute Gasteiger partial charge is 0.375 e. The first-order valence-electron chi connectivity index (χ1n) is 8.40. The highest BCUT2D eigenvalue weighted by molar-refractivity contribution is 6.33. The Morgan fingerprint density at radius 1 is 1.38 bits per heavy atom. The number of rotatable bonds is 2. The second kappa shape index (κ2) is 8.47. The van der Waals surface area contributed by atoms with Gasteiger partial charge in [-0.1, -0.05) is 41.5 Å². The molecule has 1 N–H and O–H groups in total. The summed E-state index contributed by atoms with van der Waals surface area (Å²) in [7, 11) is 1.91. The highest BCUT2D eigenvalue weighted by Crippen LogP contribution is 2.30. The highest BCUT2D eigenvalue weighted by atomic mass is 35.5. The van der Waals surface area contributed by atoms with Gasteiger partial charge in [-0.15, -0.1) is 0 Å². The van der Waals surface area contributed by atoms with Gasteiger partial charge in [-0.2, -0.15) is 5.11 Å². The standard InChI is InChI=1S/C18H26ClFN4/c1-5-14-11-12(2)13(3)22-23-24(4)10-9-17(14)21-18-15(19)7-6-8-16(18)20/h5-8,12-13,17,21H,9-11H2,1-4H3/b14-5+,23-22-/t12-,13?,17?/m0/s1. The number of anilines is 1. The van der Waals surface area contributed by atoms with Crippen LogP contribution < -0.4 is 5.32 Å². The van der Waals surface area contributed by atoms with Gasteiger partial charge in [0.25, 0.3) is 0 Å². The van der Waals surface area contributed by atoms with E-state index in [4.69, 9.17) is 11.6 Å². The van der Waals surface area contributed by atoms with Gasteiger partial charge in [0.15, 0.2) is 0 Å². The Labute approximate surface area is 148 Å². The van der Waals surface area contributed by atoms with Crippen LogP contribution in [0.3, 0.4) is 0 Å². The van der Waals surface area contributed by atoms with Crippen LogP contribution in [0.15, 0.2) is 40.2 Å². The van der Waals surface area contributed by atoms with Crippen molar-refractivity contribution < 1.29 is 4.39 Å². The molecule has 1 heterocycles. The van der Waals surface area contributed by atoms with Crippen LogP contribution in [0.25, 0.3) is 0 Å². The summed E-state index contributed by atoms with van der Waals surface area (Å²) in [6.07, 6.45) is 3.81. The zero-order valence-corrected chi connectivity index (χ0v) is 15.5. The van der Waals surface area contributed by atoms with Crippen molar-refractivity contribution in [1.29, 1.82) is 0 Å². The average Bonchev–Trinajstić information content (AvgIpc) is 2.56. The monoisotopic (exact) mass is 352 g/mol. The molecule has 2 rings (SSSR count). The van der Waals surface area contributed by atoms with Gasteiger partial charge >= 0.3 is 0 Å². The second-order valence-electron chi connectivity index (χ2n) is 6.45. The summed E-state index contributed by atoms with van der Waals surface area (Å²) in [5.74, 6) is 0.0244. The molecule has 132 valence electrons. The maximum atomic E-state index is 14.2. The lowest BCUT2D eigenvalue weighted by molar-refractivity contribution is 0.291. The fraction of sp³-hybridized carbons (Fsp3) is 0.556. The molecule has 1 aliphatic rings. The topological polar surface area (TPSA) is 40.0 Å². The van der Waals surface area contributed by atoms with Gasteiger partial charge in [0.05, 0.1) is 16.8 Å². The number of halogens is 2. The van der Waals surface area contributed by atoms with Crippen molar-refractivity contribution in [2.75, 3.05) is 18.9 Å². The minimum Gasteiger partial charge on any atom is -0.375 e. The van der Waals surface area contributed by atoms with E-state index in [-0.39, 0.29) is 17.9 Å². The van der Waals surface area contributed by atoms with Crippen LogP contribution in [-0.2, 0) is 0 Å². The average molecular weight is 353 g/mol. The van der Waals surface area contributed by atoms with Crippen LogP contribution >= 0.6 is 11.6 Å². The molecule has 3 atom stereocenters. The zero-order chi connectivity index (χ0) is 17.7. The van der Waals surface area contributed by atoms with E-state index in [1.807, 2.05) is 19.0 Å². The minimum absolute atomic E-state index is 0.00907. The third-order valence-electron chi connectivity index (χ3n) is 4.61. The smallest absolute Gasteiger partial charge is 0.147 e. The van der Waals surface area contributed by atoms with Crippen molar-refractivity contribution in [3.05, 3.63) is 40.7 Å². The molecular formula is C18H26ClFN4. The van der Waals surface area contributed by atoms with Gasteiger partial charge in [0.1, 0.15) is 5.82 Å². The first-order valence-corrected chi connectivity index (χ1v) is 8.77. The van der Waals surface area contributed by atoms with Crippen LogP contribution in [-0.4, -0.2) is 30.7 Å². The molecule has 1 aromatic rings. The Kier molecular flexibility index (Phi) is 6.60. The maximum absolute atomic E-state index is 14.2. The lowest BCUT2D eigenvalue weighted by Crippen LogP contribution is -2.30. The van der Waals surface area contributed by atoms with Crippen LogP contribution in [0.2, 0.25) is 5.02 Å². The van der Waals surface area contributed by atoms with Gasteiger partial charge in [0.2, 0.25) is 0 Å². The van der Waals surface area contributed by atoms with E-state index >= 15 is 0 Å². The van der Waals surface area contributed by atoms with E-state index in [1.165, 1.54) is 11.6 Å². The van der Waals surface area contributed by atoms with Gasteiger partial charge in [-0.3, -0.25) is 5.01 Å². The fourth-order valence-corrected chi connectivity index (χ4v) is 3.03. The molecule has 0 bridgehead atoms. The number of nitrogens with one attached hydrogen (secondary N) is 1. The molecular weight excluding hydrogens is 327 g/mol. The van der Waals surface area contributed by atoms with Crippen LogP contribution in [0, 0.1) is 11.7 Å². The minimum atomic E-state index is -0.329. The second-order valence-corrected chi connectivity index (χ2v) is 6.86. The summed E-state index contributed by atoms with van der Waals surface area (Å²) >= 11 is 6.19. The quantitative estimate of drug-likeness (QED) is 0.731. The molecule has 0 saturated carbocycles. The fourth-order valence-electron chi connectivity index (χ4n) is 2.81. The maximum Gasteiger partial charge on any atom is 0.147 e. The van der Waals surface area contributed by atoms with Crippen molar-refractivity contribution >= 4 is 17.3 Å². The summed E-state index contributed by atoms with van der Waals surface area (Å²) in [5.41, 5.74) is 1.62. The predicted molar refractivity (Wildman–Crippen MR) is 97.9 cm³/mol. The Hall–Kier alpha value is -1.62. The van der Waals surface area contributed by atoms with Crippen molar-refractivity contribution in [2.45, 2.75) is 45.7 Å². The van der Waals surface area contributed by atoms with Gasteiger partial charge in [-0.05, 0) is 44.7 Å². The number of nitrogens with zero attached hydrogens (tertiary/aromatic N) is 3. The van der Waals surface area contributed by atoms with Crippen LogP contribution in [0.1, 0.15) is 33.6 Å². The van der Waals surface area contributed by atoms with Crippen LogP contribution in [0.4, 0.5) is 10.1 Å². The summed E-state index contributed by atoms with van der Waals surface area (Å²) in [6, 6.07) is 4.89. The summed E-state index contributed by atoms with van der Waals surface area (Å²) in [5, 5.41) is 14.2. The number of allylic oxidation sites excluding steroid dienone is 1. The van der Waals surface area contributed by atoms with E-state index in [2.05, 4.69) is 35.6 Å². The Morgan fingerprint density at radius 3 is 2.79 bits per heavy atom. The van der Waals surface area contributed by atoms with E-state index in [0.717, 1.165) is 19.4 Å². The molecule has 0 fully saturated rings. The molecule has 0 spiro atoms. The molecule has 0 saturated heterocycles. The van der Waals surface area contributed by atoms with Crippen molar-refractivity contribution in [3.63, 3.8) is 0 Å².